The fourth-order valence-electron chi connectivity index (χ4n) is 2.96. The number of nitrogens with one attached hydrogen (secondary N) is 2. The van der Waals surface area contributed by atoms with Crippen molar-refractivity contribution < 1.29 is 22.3 Å². The quantitative estimate of drug-likeness (QED) is 0.529. The Kier molecular flexibility index (Phi) is 7.38. The molecule has 3 aromatic rings. The lowest BCUT2D eigenvalue weighted by atomic mass is 10.1. The zero-order valence-electron chi connectivity index (χ0n) is 16.9. The lowest BCUT2D eigenvalue weighted by Crippen LogP contribution is -2.45. The Morgan fingerprint density at radius 1 is 0.968 bits per heavy atom. The molecule has 0 aromatic heterocycles. The molecule has 1 atom stereocenters. The monoisotopic (exact) mass is 442 g/mol. The normalized spacial score (nSPS) is 12.2. The summed E-state index contributed by atoms with van der Waals surface area (Å²) in [5.74, 6) is -0.730. The van der Waals surface area contributed by atoms with E-state index in [-0.39, 0.29) is 17.0 Å². The molecule has 1 amide bonds. The summed E-state index contributed by atoms with van der Waals surface area (Å²) in [6.45, 7) is 2.29. The predicted octanol–water partition coefficient (Wildman–Crippen LogP) is 3.75. The fourth-order valence-corrected chi connectivity index (χ4v) is 4.15. The van der Waals surface area contributed by atoms with Crippen LogP contribution in [0, 0.1) is 5.82 Å². The van der Waals surface area contributed by atoms with Gasteiger partial charge >= 0.3 is 0 Å². The Morgan fingerprint density at radius 3 is 2.26 bits per heavy atom. The Balaban J connectivity index is 1.84. The summed E-state index contributed by atoms with van der Waals surface area (Å²) < 4.78 is 47.6. The topological polar surface area (TPSA) is 84.5 Å². The van der Waals surface area contributed by atoms with Gasteiger partial charge in [0.1, 0.15) is 17.6 Å². The first kappa shape index (κ1) is 22.5. The third kappa shape index (κ3) is 6.13. The molecule has 6 nitrogen and oxygen atoms in total. The van der Waals surface area contributed by atoms with Gasteiger partial charge in [-0.2, -0.15) is 4.72 Å². The molecule has 1 unspecified atom stereocenters. The Bertz CT molecular complexity index is 1120. The molecule has 2 N–H and O–H groups in total. The molecule has 3 rings (SSSR count). The maximum atomic E-state index is 14.0. The molecule has 0 aliphatic heterocycles. The van der Waals surface area contributed by atoms with Crippen LogP contribution in [0.25, 0.3) is 0 Å². The molecule has 0 aliphatic rings. The molecule has 3 aromatic carbocycles. The smallest absolute Gasteiger partial charge is 0.242 e. The molecular formula is C23H23FN2O4S. The Hall–Kier alpha value is -3.23. The van der Waals surface area contributed by atoms with Gasteiger partial charge in [-0.05, 0) is 55.3 Å². The van der Waals surface area contributed by atoms with Crippen molar-refractivity contribution >= 4 is 21.6 Å². The van der Waals surface area contributed by atoms with Gasteiger partial charge in [0.25, 0.3) is 0 Å². The van der Waals surface area contributed by atoms with Crippen molar-refractivity contribution in [1.29, 1.82) is 0 Å². The molecule has 0 heterocycles. The second-order valence-corrected chi connectivity index (χ2v) is 8.45. The molecule has 0 saturated carbocycles. The highest BCUT2D eigenvalue weighted by atomic mass is 32.2. The highest BCUT2D eigenvalue weighted by Gasteiger charge is 2.27. The minimum atomic E-state index is -4.02. The molecule has 0 aliphatic carbocycles. The number of carbonyl (C=O) groups excluding carboxylic acids is 1. The number of anilines is 1. The largest absolute Gasteiger partial charge is 0.494 e. The number of amides is 1. The molecule has 0 spiro atoms. The van der Waals surface area contributed by atoms with Crippen LogP contribution in [0.2, 0.25) is 0 Å². The second kappa shape index (κ2) is 10.2. The van der Waals surface area contributed by atoms with Gasteiger partial charge < -0.3 is 10.1 Å². The second-order valence-electron chi connectivity index (χ2n) is 6.74. The van der Waals surface area contributed by atoms with Crippen LogP contribution in [-0.2, 0) is 21.2 Å². The number of hydrogen-bond acceptors (Lipinski definition) is 4. The third-order valence-electron chi connectivity index (χ3n) is 4.47. The average Bonchev–Trinajstić information content (AvgIpc) is 2.76. The van der Waals surface area contributed by atoms with Crippen LogP contribution >= 0.6 is 0 Å². The number of rotatable bonds is 9. The number of benzene rings is 3. The predicted molar refractivity (Wildman–Crippen MR) is 117 cm³/mol. The van der Waals surface area contributed by atoms with E-state index in [1.807, 2.05) is 13.0 Å². The lowest BCUT2D eigenvalue weighted by Gasteiger charge is -2.19. The molecule has 0 radical (unpaired) electrons. The van der Waals surface area contributed by atoms with E-state index in [2.05, 4.69) is 10.0 Å². The van der Waals surface area contributed by atoms with Crippen molar-refractivity contribution in [1.82, 2.24) is 4.72 Å². The number of hydrogen-bond donors (Lipinski definition) is 2. The molecule has 8 heteroatoms. The van der Waals surface area contributed by atoms with E-state index < -0.39 is 27.8 Å². The number of carbonyl (C=O) groups is 1. The van der Waals surface area contributed by atoms with Gasteiger partial charge in [0.15, 0.2) is 0 Å². The fraction of sp³-hybridized carbons (Fsp3) is 0.174. The number of halogens is 1. The van der Waals surface area contributed by atoms with Crippen LogP contribution in [0.4, 0.5) is 10.1 Å². The van der Waals surface area contributed by atoms with E-state index in [1.165, 1.54) is 30.3 Å². The van der Waals surface area contributed by atoms with E-state index in [4.69, 9.17) is 4.74 Å². The van der Waals surface area contributed by atoms with E-state index in [0.29, 0.717) is 12.4 Å². The SMILES string of the molecule is CCOc1ccc(S(=O)(=O)NC(Cc2ccccc2)C(=O)Nc2ccccc2F)cc1. The highest BCUT2D eigenvalue weighted by Crippen LogP contribution is 2.18. The van der Waals surface area contributed by atoms with Gasteiger partial charge in [0.05, 0.1) is 17.2 Å². The first-order valence-corrected chi connectivity index (χ1v) is 11.2. The molecule has 162 valence electrons. The summed E-state index contributed by atoms with van der Waals surface area (Å²) in [4.78, 5) is 12.9. The first-order valence-electron chi connectivity index (χ1n) is 9.73. The van der Waals surface area contributed by atoms with Crippen molar-refractivity contribution in [2.75, 3.05) is 11.9 Å². The van der Waals surface area contributed by atoms with Gasteiger partial charge in [0, 0.05) is 0 Å². The summed E-state index contributed by atoms with van der Waals surface area (Å²) in [6.07, 6.45) is 0.0946. The molecule has 31 heavy (non-hydrogen) atoms. The van der Waals surface area contributed by atoms with Crippen LogP contribution in [0.1, 0.15) is 12.5 Å². The molecule has 0 bridgehead atoms. The summed E-state index contributed by atoms with van der Waals surface area (Å²) in [6, 6.07) is 19.4. The van der Waals surface area contributed by atoms with Crippen molar-refractivity contribution in [2.45, 2.75) is 24.3 Å². The zero-order valence-corrected chi connectivity index (χ0v) is 17.7. The van der Waals surface area contributed by atoms with Gasteiger partial charge in [-0.1, -0.05) is 42.5 Å². The summed E-state index contributed by atoms with van der Waals surface area (Å²) in [5.41, 5.74) is 0.733. The van der Waals surface area contributed by atoms with Crippen molar-refractivity contribution in [3.05, 3.63) is 90.2 Å². The first-order chi connectivity index (χ1) is 14.9. The van der Waals surface area contributed by atoms with Crippen LogP contribution in [0.15, 0.2) is 83.8 Å². The summed E-state index contributed by atoms with van der Waals surface area (Å²) >= 11 is 0. The summed E-state index contributed by atoms with van der Waals surface area (Å²) in [5, 5.41) is 2.47. The van der Waals surface area contributed by atoms with Crippen molar-refractivity contribution in [3.63, 3.8) is 0 Å². The Morgan fingerprint density at radius 2 is 1.61 bits per heavy atom. The van der Waals surface area contributed by atoms with Gasteiger partial charge in [0.2, 0.25) is 15.9 Å². The molecular weight excluding hydrogens is 419 g/mol. The maximum Gasteiger partial charge on any atom is 0.242 e. The van der Waals surface area contributed by atoms with E-state index in [0.717, 1.165) is 5.56 Å². The summed E-state index contributed by atoms with van der Waals surface area (Å²) in [7, 11) is -4.02. The number of para-hydroxylation sites is 1. The van der Waals surface area contributed by atoms with Gasteiger partial charge in [-0.15, -0.1) is 0 Å². The van der Waals surface area contributed by atoms with E-state index in [9.17, 15) is 17.6 Å². The van der Waals surface area contributed by atoms with Crippen LogP contribution in [0.5, 0.6) is 5.75 Å². The highest BCUT2D eigenvalue weighted by molar-refractivity contribution is 7.89. The minimum absolute atomic E-state index is 0.00675. The molecule has 0 fully saturated rings. The van der Waals surface area contributed by atoms with Crippen molar-refractivity contribution in [3.8, 4) is 5.75 Å². The standard InChI is InChI=1S/C23H23FN2O4S/c1-2-30-18-12-14-19(15-13-18)31(28,29)26-22(16-17-8-4-3-5-9-17)23(27)25-21-11-7-6-10-20(21)24/h3-15,22,26H,2,16H2,1H3,(H,25,27). The number of ether oxygens (including phenoxy) is 1. The van der Waals surface area contributed by atoms with Gasteiger partial charge in [-0.25, -0.2) is 12.8 Å². The Labute approximate surface area is 181 Å². The third-order valence-corrected chi connectivity index (χ3v) is 5.96. The number of sulfonamides is 1. The lowest BCUT2D eigenvalue weighted by molar-refractivity contribution is -0.117. The van der Waals surface area contributed by atoms with Crippen molar-refractivity contribution in [2.24, 2.45) is 0 Å². The zero-order chi connectivity index (χ0) is 22.3. The van der Waals surface area contributed by atoms with Crippen LogP contribution < -0.4 is 14.8 Å². The maximum absolute atomic E-state index is 14.0. The van der Waals surface area contributed by atoms with E-state index in [1.54, 1.807) is 42.5 Å². The van der Waals surface area contributed by atoms with Crippen LogP contribution in [0.3, 0.4) is 0 Å². The van der Waals surface area contributed by atoms with Gasteiger partial charge in [-0.3, -0.25) is 4.79 Å². The minimum Gasteiger partial charge on any atom is -0.494 e. The molecule has 0 saturated heterocycles. The average molecular weight is 443 g/mol. The van der Waals surface area contributed by atoms with Crippen LogP contribution in [-0.4, -0.2) is 27.0 Å². The van der Waals surface area contributed by atoms with E-state index >= 15 is 0 Å².